The Hall–Kier alpha value is -2.89. The van der Waals surface area contributed by atoms with Crippen LogP contribution in [-0.4, -0.2) is 27.1 Å². The van der Waals surface area contributed by atoms with Crippen LogP contribution in [0.25, 0.3) is 11.3 Å². The van der Waals surface area contributed by atoms with Gasteiger partial charge < -0.3 is 9.32 Å². The van der Waals surface area contributed by atoms with Gasteiger partial charge in [-0.15, -0.1) is 0 Å². The van der Waals surface area contributed by atoms with Crippen molar-refractivity contribution >= 4 is 5.91 Å². The largest absolute Gasteiger partial charge is 0.451 e. The van der Waals surface area contributed by atoms with Crippen LogP contribution in [0, 0.1) is 5.82 Å². The standard InChI is InChI=1S/C19H18FN3O2/c1-22-12-13(11-21-22)16-7-4-10-23(16)19(24)18-9-8-17(25-18)14-5-2-3-6-15(14)20/h2-3,5-6,8-9,11-12,16H,4,7,10H2,1H3/t16-/m0/s1. The van der Waals surface area contributed by atoms with Crippen LogP contribution in [0.2, 0.25) is 0 Å². The highest BCUT2D eigenvalue weighted by Gasteiger charge is 2.32. The number of likely N-dealkylation sites (tertiary alicyclic amines) is 1. The van der Waals surface area contributed by atoms with Gasteiger partial charge in [-0.05, 0) is 37.1 Å². The molecule has 1 fully saturated rings. The fraction of sp³-hybridized carbons (Fsp3) is 0.263. The van der Waals surface area contributed by atoms with E-state index in [1.165, 1.54) is 6.07 Å². The van der Waals surface area contributed by atoms with Gasteiger partial charge in [0, 0.05) is 25.4 Å². The molecule has 0 spiro atoms. The molecule has 1 aliphatic heterocycles. The lowest BCUT2D eigenvalue weighted by molar-refractivity contribution is 0.0704. The molecule has 25 heavy (non-hydrogen) atoms. The molecule has 0 aliphatic carbocycles. The van der Waals surface area contributed by atoms with Gasteiger partial charge in [-0.2, -0.15) is 5.10 Å². The molecule has 0 unspecified atom stereocenters. The molecule has 1 aliphatic rings. The average Bonchev–Trinajstić information content (AvgIpc) is 3.34. The second-order valence-electron chi connectivity index (χ2n) is 6.25. The van der Waals surface area contributed by atoms with Crippen molar-refractivity contribution in [3.05, 3.63) is 65.9 Å². The number of carbonyl (C=O) groups is 1. The molecule has 0 bridgehead atoms. The van der Waals surface area contributed by atoms with Crippen molar-refractivity contribution in [3.63, 3.8) is 0 Å². The summed E-state index contributed by atoms with van der Waals surface area (Å²) in [5.74, 6) is 0.0480. The van der Waals surface area contributed by atoms with Crippen LogP contribution in [0.15, 0.2) is 53.2 Å². The third-order valence-corrected chi connectivity index (χ3v) is 4.58. The number of carbonyl (C=O) groups excluding carboxylic acids is 1. The molecule has 1 aromatic carbocycles. The molecular weight excluding hydrogens is 321 g/mol. The molecule has 0 radical (unpaired) electrons. The molecule has 1 amide bonds. The SMILES string of the molecule is Cn1cc([C@@H]2CCCN2C(=O)c2ccc(-c3ccccc3F)o2)cn1. The Bertz CT molecular complexity index is 915. The lowest BCUT2D eigenvalue weighted by atomic mass is 10.1. The van der Waals surface area contributed by atoms with Crippen molar-refractivity contribution in [1.29, 1.82) is 0 Å². The van der Waals surface area contributed by atoms with Crippen LogP contribution in [0.3, 0.4) is 0 Å². The second kappa shape index (κ2) is 6.20. The molecule has 4 rings (SSSR count). The lowest BCUT2D eigenvalue weighted by Crippen LogP contribution is -2.30. The predicted molar refractivity (Wildman–Crippen MR) is 90.3 cm³/mol. The molecule has 3 heterocycles. The van der Waals surface area contributed by atoms with Gasteiger partial charge in [0.1, 0.15) is 11.6 Å². The third kappa shape index (κ3) is 2.84. The van der Waals surface area contributed by atoms with E-state index in [4.69, 9.17) is 4.42 Å². The fourth-order valence-electron chi connectivity index (χ4n) is 3.37. The maximum atomic E-state index is 13.9. The number of benzene rings is 1. The van der Waals surface area contributed by atoms with Gasteiger partial charge in [0.2, 0.25) is 0 Å². The summed E-state index contributed by atoms with van der Waals surface area (Å²) in [5.41, 5.74) is 1.38. The maximum Gasteiger partial charge on any atom is 0.290 e. The minimum absolute atomic E-state index is 0.00297. The molecule has 0 saturated carbocycles. The average molecular weight is 339 g/mol. The molecule has 3 aromatic rings. The third-order valence-electron chi connectivity index (χ3n) is 4.58. The Labute approximate surface area is 144 Å². The van der Waals surface area contributed by atoms with Crippen LogP contribution >= 0.6 is 0 Å². The summed E-state index contributed by atoms with van der Waals surface area (Å²) in [6, 6.07) is 9.62. The smallest absolute Gasteiger partial charge is 0.290 e. The van der Waals surface area contributed by atoms with Crippen molar-refractivity contribution in [2.24, 2.45) is 7.05 Å². The molecule has 1 atom stereocenters. The summed E-state index contributed by atoms with van der Waals surface area (Å²) in [6.45, 7) is 0.675. The summed E-state index contributed by atoms with van der Waals surface area (Å²) in [5, 5.41) is 4.19. The van der Waals surface area contributed by atoms with Crippen LogP contribution in [0.5, 0.6) is 0 Å². The minimum atomic E-state index is -0.370. The number of nitrogens with zero attached hydrogens (tertiary/aromatic N) is 3. The monoisotopic (exact) mass is 339 g/mol. The second-order valence-corrected chi connectivity index (χ2v) is 6.25. The van der Waals surface area contributed by atoms with Gasteiger partial charge >= 0.3 is 0 Å². The number of rotatable bonds is 3. The molecule has 1 saturated heterocycles. The van der Waals surface area contributed by atoms with E-state index in [0.717, 1.165) is 18.4 Å². The van der Waals surface area contributed by atoms with Crippen LogP contribution in [-0.2, 0) is 7.05 Å². The Morgan fingerprint density at radius 1 is 1.28 bits per heavy atom. The van der Waals surface area contributed by atoms with Crippen LogP contribution < -0.4 is 0 Å². The highest BCUT2D eigenvalue weighted by Crippen LogP contribution is 2.34. The zero-order chi connectivity index (χ0) is 17.4. The topological polar surface area (TPSA) is 51.3 Å². The molecular formula is C19H18FN3O2. The van der Waals surface area contributed by atoms with Crippen molar-refractivity contribution < 1.29 is 13.6 Å². The number of hydrogen-bond acceptors (Lipinski definition) is 3. The van der Waals surface area contributed by atoms with Gasteiger partial charge in [0.25, 0.3) is 5.91 Å². The lowest BCUT2D eigenvalue weighted by Gasteiger charge is -2.22. The van der Waals surface area contributed by atoms with Gasteiger partial charge in [0.15, 0.2) is 5.76 Å². The Balaban J connectivity index is 1.60. The van der Waals surface area contributed by atoms with E-state index in [-0.39, 0.29) is 23.5 Å². The number of halogens is 1. The molecule has 128 valence electrons. The summed E-state index contributed by atoms with van der Waals surface area (Å²) in [4.78, 5) is 14.7. The fourth-order valence-corrected chi connectivity index (χ4v) is 3.37. The van der Waals surface area contributed by atoms with Crippen molar-refractivity contribution in [3.8, 4) is 11.3 Å². The number of furan rings is 1. The predicted octanol–water partition coefficient (Wildman–Crippen LogP) is 3.80. The quantitative estimate of drug-likeness (QED) is 0.729. The molecule has 5 nitrogen and oxygen atoms in total. The van der Waals surface area contributed by atoms with Gasteiger partial charge in [0.05, 0.1) is 17.8 Å². The van der Waals surface area contributed by atoms with Crippen molar-refractivity contribution in [2.45, 2.75) is 18.9 Å². The number of amides is 1. The Kier molecular flexibility index (Phi) is 3.87. The highest BCUT2D eigenvalue weighted by atomic mass is 19.1. The van der Waals surface area contributed by atoms with E-state index in [2.05, 4.69) is 5.10 Å². The van der Waals surface area contributed by atoms with E-state index in [1.807, 2.05) is 13.2 Å². The highest BCUT2D eigenvalue weighted by molar-refractivity contribution is 5.92. The van der Waals surface area contributed by atoms with E-state index in [1.54, 1.807) is 46.1 Å². The minimum Gasteiger partial charge on any atom is -0.451 e. The van der Waals surface area contributed by atoms with Gasteiger partial charge in [-0.1, -0.05) is 12.1 Å². The first kappa shape index (κ1) is 15.6. The van der Waals surface area contributed by atoms with E-state index in [0.29, 0.717) is 17.9 Å². The Morgan fingerprint density at radius 2 is 2.12 bits per heavy atom. The molecule has 0 N–H and O–H groups in total. The summed E-state index contributed by atoms with van der Waals surface area (Å²) in [6.07, 6.45) is 5.57. The normalized spacial score (nSPS) is 17.2. The molecule has 2 aromatic heterocycles. The van der Waals surface area contributed by atoms with Crippen LogP contribution in [0.4, 0.5) is 4.39 Å². The number of hydrogen-bond donors (Lipinski definition) is 0. The maximum absolute atomic E-state index is 13.9. The van der Waals surface area contributed by atoms with E-state index < -0.39 is 0 Å². The van der Waals surface area contributed by atoms with Crippen molar-refractivity contribution in [2.75, 3.05) is 6.54 Å². The van der Waals surface area contributed by atoms with Gasteiger partial charge in [-0.3, -0.25) is 9.48 Å². The van der Waals surface area contributed by atoms with Crippen LogP contribution in [0.1, 0.15) is 35.0 Å². The Morgan fingerprint density at radius 3 is 2.88 bits per heavy atom. The van der Waals surface area contributed by atoms with Gasteiger partial charge in [-0.25, -0.2) is 4.39 Å². The zero-order valence-corrected chi connectivity index (χ0v) is 13.9. The van der Waals surface area contributed by atoms with Crippen molar-refractivity contribution in [1.82, 2.24) is 14.7 Å². The van der Waals surface area contributed by atoms with E-state index in [9.17, 15) is 9.18 Å². The zero-order valence-electron chi connectivity index (χ0n) is 13.9. The van der Waals surface area contributed by atoms with E-state index >= 15 is 0 Å². The number of aryl methyl sites for hydroxylation is 1. The summed E-state index contributed by atoms with van der Waals surface area (Å²) < 4.78 is 21.3. The number of aromatic nitrogens is 2. The first-order valence-corrected chi connectivity index (χ1v) is 8.28. The summed E-state index contributed by atoms with van der Waals surface area (Å²) in [7, 11) is 1.86. The first-order valence-electron chi connectivity index (χ1n) is 8.28. The summed E-state index contributed by atoms with van der Waals surface area (Å²) >= 11 is 0. The molecule has 6 heteroatoms. The first-order chi connectivity index (χ1) is 12.1.